The number of anilines is 1. The smallest absolute Gasteiger partial charge is 0.308 e. The Morgan fingerprint density at radius 3 is 2.43 bits per heavy atom. The lowest BCUT2D eigenvalue weighted by atomic mass is 10.1. The summed E-state index contributed by atoms with van der Waals surface area (Å²) in [5.74, 6) is -0.717. The molecule has 0 saturated carbocycles. The predicted molar refractivity (Wildman–Crippen MR) is 117 cm³/mol. The summed E-state index contributed by atoms with van der Waals surface area (Å²) in [6.45, 7) is 1.60. The minimum absolute atomic E-state index is 0.225. The van der Waals surface area contributed by atoms with Crippen molar-refractivity contribution in [1.29, 1.82) is 0 Å². The number of nitrogens with one attached hydrogen (secondary N) is 2. The molecule has 3 aromatic rings. The van der Waals surface area contributed by atoms with Crippen LogP contribution in [0.4, 0.5) is 5.69 Å². The fraction of sp³-hybridized carbons (Fsp3) is 0.0870. The molecule has 0 bridgehead atoms. The van der Waals surface area contributed by atoms with Crippen LogP contribution in [0.25, 0.3) is 0 Å². The number of carbonyl (C=O) groups is 3. The zero-order chi connectivity index (χ0) is 21.5. The first-order valence-electron chi connectivity index (χ1n) is 9.17. The third kappa shape index (κ3) is 5.71. The van der Waals surface area contributed by atoms with Crippen LogP contribution in [0.5, 0.6) is 5.75 Å². The van der Waals surface area contributed by atoms with E-state index in [9.17, 15) is 14.4 Å². The maximum atomic E-state index is 12.5. The first-order valence-corrected chi connectivity index (χ1v) is 9.62. The Balaban J connectivity index is 1.64. The first-order chi connectivity index (χ1) is 14.4. The second-order valence-corrected chi connectivity index (χ2v) is 6.96. The highest BCUT2D eigenvalue weighted by Crippen LogP contribution is 2.17. The van der Waals surface area contributed by atoms with Crippen molar-refractivity contribution < 1.29 is 19.1 Å². The summed E-state index contributed by atoms with van der Waals surface area (Å²) in [5.41, 5.74) is 2.27. The highest BCUT2D eigenvalue weighted by atomic mass is 32.1. The number of esters is 1. The van der Waals surface area contributed by atoms with Crippen LogP contribution in [-0.2, 0) is 11.3 Å². The van der Waals surface area contributed by atoms with E-state index in [2.05, 4.69) is 23.3 Å². The Hall–Kier alpha value is -3.58. The summed E-state index contributed by atoms with van der Waals surface area (Å²) < 4.78 is 5.01. The molecule has 0 saturated heterocycles. The minimum Gasteiger partial charge on any atom is -0.427 e. The quantitative estimate of drug-likeness (QED) is 0.319. The average Bonchev–Trinajstić information content (AvgIpc) is 2.72. The normalized spacial score (nSPS) is 10.2. The summed E-state index contributed by atoms with van der Waals surface area (Å²) in [6, 6.07) is 20.6. The monoisotopic (exact) mass is 420 g/mol. The van der Waals surface area contributed by atoms with Crippen LogP contribution in [0.3, 0.4) is 0 Å². The molecule has 0 radical (unpaired) electrons. The number of thiol groups is 1. The summed E-state index contributed by atoms with van der Waals surface area (Å²) in [4.78, 5) is 36.5. The van der Waals surface area contributed by atoms with Crippen LogP contribution < -0.4 is 15.4 Å². The molecule has 0 aliphatic rings. The predicted octanol–water partition coefficient (Wildman–Crippen LogP) is 4.08. The Labute approximate surface area is 179 Å². The molecule has 0 spiro atoms. The van der Waals surface area contributed by atoms with Gasteiger partial charge in [-0.15, -0.1) is 12.6 Å². The van der Waals surface area contributed by atoms with Gasteiger partial charge in [-0.2, -0.15) is 0 Å². The molecule has 152 valence electrons. The molecule has 0 fully saturated rings. The molecule has 2 N–H and O–H groups in total. The van der Waals surface area contributed by atoms with E-state index in [0.29, 0.717) is 34.0 Å². The number of amides is 2. The SMILES string of the molecule is CC(=O)Oc1cccc(C(=O)Nc2cccc(CNC(=O)c3ccccc3S)c2)c1. The Bertz CT molecular complexity index is 1100. The lowest BCUT2D eigenvalue weighted by Crippen LogP contribution is -2.23. The maximum absolute atomic E-state index is 12.5. The molecule has 0 atom stereocenters. The van der Waals surface area contributed by atoms with Gasteiger partial charge < -0.3 is 15.4 Å². The van der Waals surface area contributed by atoms with Gasteiger partial charge in [-0.25, -0.2) is 0 Å². The van der Waals surface area contributed by atoms with Crippen LogP contribution >= 0.6 is 12.6 Å². The minimum atomic E-state index is -0.456. The number of rotatable bonds is 6. The lowest BCUT2D eigenvalue weighted by molar-refractivity contribution is -0.131. The van der Waals surface area contributed by atoms with Gasteiger partial charge in [-0.3, -0.25) is 14.4 Å². The van der Waals surface area contributed by atoms with Crippen molar-refractivity contribution in [3.05, 3.63) is 89.5 Å². The van der Waals surface area contributed by atoms with Crippen molar-refractivity contribution in [2.45, 2.75) is 18.4 Å². The number of ether oxygens (including phenoxy) is 1. The van der Waals surface area contributed by atoms with Gasteiger partial charge in [0.05, 0.1) is 5.56 Å². The van der Waals surface area contributed by atoms with Gasteiger partial charge in [-0.05, 0) is 48.0 Å². The number of hydrogen-bond donors (Lipinski definition) is 3. The maximum Gasteiger partial charge on any atom is 0.308 e. The lowest BCUT2D eigenvalue weighted by Gasteiger charge is -2.10. The summed E-state index contributed by atoms with van der Waals surface area (Å²) in [6.07, 6.45) is 0. The van der Waals surface area contributed by atoms with E-state index in [4.69, 9.17) is 4.74 Å². The van der Waals surface area contributed by atoms with Gasteiger partial charge in [0.25, 0.3) is 11.8 Å². The van der Waals surface area contributed by atoms with Crippen LogP contribution in [0.1, 0.15) is 33.2 Å². The summed E-state index contributed by atoms with van der Waals surface area (Å²) >= 11 is 4.30. The van der Waals surface area contributed by atoms with Crippen LogP contribution in [0.2, 0.25) is 0 Å². The molecule has 0 aliphatic carbocycles. The van der Waals surface area contributed by atoms with Crippen LogP contribution in [0, 0.1) is 0 Å². The van der Waals surface area contributed by atoms with E-state index < -0.39 is 5.97 Å². The Kier molecular flexibility index (Phi) is 6.87. The molecule has 3 aromatic carbocycles. The van der Waals surface area contributed by atoms with Crippen molar-refractivity contribution >= 4 is 36.1 Å². The zero-order valence-electron chi connectivity index (χ0n) is 16.2. The zero-order valence-corrected chi connectivity index (χ0v) is 17.1. The second kappa shape index (κ2) is 9.76. The van der Waals surface area contributed by atoms with E-state index in [-0.39, 0.29) is 11.8 Å². The van der Waals surface area contributed by atoms with E-state index in [0.717, 1.165) is 5.56 Å². The van der Waals surface area contributed by atoms with Gasteiger partial charge in [0.15, 0.2) is 0 Å². The van der Waals surface area contributed by atoms with Crippen molar-refractivity contribution in [2.75, 3.05) is 5.32 Å². The molecule has 7 heteroatoms. The average molecular weight is 420 g/mol. The summed E-state index contributed by atoms with van der Waals surface area (Å²) in [7, 11) is 0. The van der Waals surface area contributed by atoms with Crippen LogP contribution in [0.15, 0.2) is 77.7 Å². The highest BCUT2D eigenvalue weighted by molar-refractivity contribution is 7.80. The molecular weight excluding hydrogens is 400 g/mol. The van der Waals surface area contributed by atoms with E-state index in [1.54, 1.807) is 54.6 Å². The molecule has 0 heterocycles. The second-order valence-electron chi connectivity index (χ2n) is 6.48. The highest BCUT2D eigenvalue weighted by Gasteiger charge is 2.10. The van der Waals surface area contributed by atoms with E-state index in [1.165, 1.54) is 13.0 Å². The molecule has 3 rings (SSSR count). The van der Waals surface area contributed by atoms with Gasteiger partial charge in [-0.1, -0.05) is 30.3 Å². The van der Waals surface area contributed by atoms with Crippen molar-refractivity contribution in [1.82, 2.24) is 5.32 Å². The van der Waals surface area contributed by atoms with Crippen molar-refractivity contribution in [2.24, 2.45) is 0 Å². The first kappa shape index (κ1) is 21.1. The largest absolute Gasteiger partial charge is 0.427 e. The third-order valence-electron chi connectivity index (χ3n) is 4.14. The summed E-state index contributed by atoms with van der Waals surface area (Å²) in [5, 5.41) is 5.65. The van der Waals surface area contributed by atoms with Gasteiger partial charge in [0.2, 0.25) is 0 Å². The number of carbonyl (C=O) groups excluding carboxylic acids is 3. The van der Waals surface area contributed by atoms with Crippen molar-refractivity contribution in [3.8, 4) is 5.75 Å². The van der Waals surface area contributed by atoms with Crippen LogP contribution in [-0.4, -0.2) is 17.8 Å². The Morgan fingerprint density at radius 2 is 1.67 bits per heavy atom. The standard InChI is InChI=1S/C23H20N2O4S/c1-15(26)29-19-9-5-7-17(13-19)22(27)25-18-8-4-6-16(12-18)14-24-23(28)20-10-2-3-11-21(20)30/h2-13,30H,14H2,1H3,(H,24,28)(H,25,27). The molecule has 0 aliphatic heterocycles. The number of benzene rings is 3. The Morgan fingerprint density at radius 1 is 0.900 bits per heavy atom. The van der Waals surface area contributed by atoms with Gasteiger partial charge >= 0.3 is 5.97 Å². The third-order valence-corrected chi connectivity index (χ3v) is 4.53. The van der Waals surface area contributed by atoms with E-state index >= 15 is 0 Å². The van der Waals surface area contributed by atoms with E-state index in [1.807, 2.05) is 12.1 Å². The molecule has 6 nitrogen and oxygen atoms in total. The van der Waals surface area contributed by atoms with Crippen molar-refractivity contribution in [3.63, 3.8) is 0 Å². The molecule has 0 aromatic heterocycles. The number of hydrogen-bond acceptors (Lipinski definition) is 5. The van der Waals surface area contributed by atoms with Gasteiger partial charge in [0, 0.05) is 29.6 Å². The topological polar surface area (TPSA) is 84.5 Å². The fourth-order valence-electron chi connectivity index (χ4n) is 2.77. The fourth-order valence-corrected chi connectivity index (χ4v) is 3.03. The molecular formula is C23H20N2O4S. The molecule has 0 unspecified atom stereocenters. The molecule has 30 heavy (non-hydrogen) atoms. The molecule has 2 amide bonds. The van der Waals surface area contributed by atoms with Gasteiger partial charge in [0.1, 0.15) is 5.75 Å².